The van der Waals surface area contributed by atoms with E-state index >= 15 is 0 Å². The van der Waals surface area contributed by atoms with Gasteiger partial charge in [-0.3, -0.25) is 0 Å². The largest absolute Gasteiger partial charge is 0.493 e. The van der Waals surface area contributed by atoms with Gasteiger partial charge in [-0.2, -0.15) is 0 Å². The molecule has 0 radical (unpaired) electrons. The Hall–Kier alpha value is -2.21. The zero-order valence-corrected chi connectivity index (χ0v) is 14.4. The molecule has 0 bridgehead atoms. The fourth-order valence-corrected chi connectivity index (χ4v) is 2.55. The summed E-state index contributed by atoms with van der Waals surface area (Å²) in [7, 11) is 1.46. The van der Waals surface area contributed by atoms with Crippen LogP contribution < -0.4 is 14.2 Å². The van der Waals surface area contributed by atoms with E-state index in [0.717, 1.165) is 11.3 Å². The number of hydrogen-bond acceptors (Lipinski definition) is 4. The number of hydrogen-bond donors (Lipinski definition) is 1. The van der Waals surface area contributed by atoms with Gasteiger partial charge in [0, 0.05) is 0 Å². The molecular formula is C17H17BrO5. The van der Waals surface area contributed by atoms with Crippen molar-refractivity contribution in [2.75, 3.05) is 20.3 Å². The van der Waals surface area contributed by atoms with Gasteiger partial charge in [0.15, 0.2) is 11.5 Å². The van der Waals surface area contributed by atoms with Crippen LogP contribution in [0.15, 0.2) is 40.9 Å². The summed E-state index contributed by atoms with van der Waals surface area (Å²) < 4.78 is 17.0. The number of carbonyl (C=O) groups is 1. The maximum atomic E-state index is 11.0. The molecular weight excluding hydrogens is 364 g/mol. The molecule has 122 valence electrons. The molecule has 0 saturated carbocycles. The van der Waals surface area contributed by atoms with Crippen LogP contribution in [0.4, 0.5) is 0 Å². The maximum absolute atomic E-state index is 11.0. The van der Waals surface area contributed by atoms with Gasteiger partial charge in [-0.05, 0) is 52.7 Å². The number of benzene rings is 2. The molecule has 0 atom stereocenters. The molecule has 2 aromatic rings. The zero-order chi connectivity index (χ0) is 16.8. The third-order valence-electron chi connectivity index (χ3n) is 3.06. The molecule has 0 saturated heterocycles. The first-order valence-electron chi connectivity index (χ1n) is 6.94. The van der Waals surface area contributed by atoms with Gasteiger partial charge in [-0.15, -0.1) is 0 Å². The van der Waals surface area contributed by atoms with E-state index in [1.807, 2.05) is 31.2 Å². The van der Waals surface area contributed by atoms with E-state index in [1.165, 1.54) is 19.2 Å². The molecule has 0 aliphatic heterocycles. The highest BCUT2D eigenvalue weighted by molar-refractivity contribution is 9.10. The van der Waals surface area contributed by atoms with E-state index < -0.39 is 5.97 Å². The summed E-state index contributed by atoms with van der Waals surface area (Å²) in [4.78, 5) is 11.0. The lowest BCUT2D eigenvalue weighted by Gasteiger charge is -2.14. The summed E-state index contributed by atoms with van der Waals surface area (Å²) in [5.74, 6) is 0.553. The van der Waals surface area contributed by atoms with Crippen molar-refractivity contribution in [1.82, 2.24) is 0 Å². The Balaban J connectivity index is 1.99. The molecule has 5 nitrogen and oxygen atoms in total. The van der Waals surface area contributed by atoms with Crippen LogP contribution in [0.1, 0.15) is 15.9 Å². The molecule has 23 heavy (non-hydrogen) atoms. The van der Waals surface area contributed by atoms with Gasteiger partial charge < -0.3 is 19.3 Å². The van der Waals surface area contributed by atoms with Crippen LogP contribution in [-0.2, 0) is 0 Å². The third-order valence-corrected chi connectivity index (χ3v) is 3.65. The summed E-state index contributed by atoms with van der Waals surface area (Å²) in [5, 5.41) is 9.05. The monoisotopic (exact) mass is 380 g/mol. The Bertz CT molecular complexity index is 699. The zero-order valence-electron chi connectivity index (χ0n) is 12.8. The normalized spacial score (nSPS) is 10.2. The van der Waals surface area contributed by atoms with Crippen molar-refractivity contribution in [2.24, 2.45) is 0 Å². The smallest absolute Gasteiger partial charge is 0.335 e. The highest BCUT2D eigenvalue weighted by Gasteiger charge is 2.15. The van der Waals surface area contributed by atoms with Gasteiger partial charge in [0.25, 0.3) is 0 Å². The molecule has 0 heterocycles. The van der Waals surface area contributed by atoms with E-state index in [9.17, 15) is 4.79 Å². The summed E-state index contributed by atoms with van der Waals surface area (Å²) in [6.45, 7) is 2.66. The number of methoxy groups -OCH3 is 1. The molecule has 0 spiro atoms. The lowest BCUT2D eigenvalue weighted by atomic mass is 10.2. The number of rotatable bonds is 7. The molecule has 0 unspecified atom stereocenters. The minimum Gasteiger partial charge on any atom is -0.493 e. The standard InChI is InChI=1S/C17H17BrO5/c1-11-4-3-5-13(8-11)22-6-7-23-16-14(18)9-12(17(19)20)10-15(16)21-2/h3-5,8-10H,6-7H2,1-2H3,(H,19,20). The average molecular weight is 381 g/mol. The van der Waals surface area contributed by atoms with Gasteiger partial charge in [0.1, 0.15) is 19.0 Å². The molecule has 2 rings (SSSR count). The van der Waals surface area contributed by atoms with Crippen LogP contribution in [0.2, 0.25) is 0 Å². The number of halogens is 1. The molecule has 0 amide bonds. The Labute approximate surface area is 142 Å². The van der Waals surface area contributed by atoms with Crippen LogP contribution >= 0.6 is 15.9 Å². The predicted octanol–water partition coefficient (Wildman–Crippen LogP) is 3.92. The van der Waals surface area contributed by atoms with Gasteiger partial charge >= 0.3 is 5.97 Å². The summed E-state index contributed by atoms with van der Waals surface area (Å²) in [6, 6.07) is 10.6. The molecule has 2 aromatic carbocycles. The van der Waals surface area contributed by atoms with Crippen molar-refractivity contribution in [1.29, 1.82) is 0 Å². The van der Waals surface area contributed by atoms with E-state index in [0.29, 0.717) is 29.2 Å². The first kappa shape index (κ1) is 17.1. The van der Waals surface area contributed by atoms with Gasteiger partial charge in [0.05, 0.1) is 17.1 Å². The summed E-state index contributed by atoms with van der Waals surface area (Å²) in [5.41, 5.74) is 1.24. The minimum absolute atomic E-state index is 0.122. The number of aromatic carboxylic acids is 1. The second kappa shape index (κ2) is 7.87. The third kappa shape index (κ3) is 4.63. The minimum atomic E-state index is -1.03. The van der Waals surface area contributed by atoms with E-state index in [2.05, 4.69) is 15.9 Å². The SMILES string of the molecule is COc1cc(C(=O)O)cc(Br)c1OCCOc1cccc(C)c1. The van der Waals surface area contributed by atoms with Gasteiger partial charge in [0.2, 0.25) is 0 Å². The topological polar surface area (TPSA) is 65.0 Å². The Morgan fingerprint density at radius 3 is 2.57 bits per heavy atom. The van der Waals surface area contributed by atoms with Crippen LogP contribution in [0.3, 0.4) is 0 Å². The predicted molar refractivity (Wildman–Crippen MR) is 89.8 cm³/mol. The molecule has 6 heteroatoms. The van der Waals surface area contributed by atoms with E-state index in [4.69, 9.17) is 19.3 Å². The van der Waals surface area contributed by atoms with Crippen molar-refractivity contribution >= 4 is 21.9 Å². The van der Waals surface area contributed by atoms with Crippen molar-refractivity contribution in [3.8, 4) is 17.2 Å². The van der Waals surface area contributed by atoms with Crippen LogP contribution in [0, 0.1) is 6.92 Å². The lowest BCUT2D eigenvalue weighted by molar-refractivity contribution is 0.0696. The second-order valence-corrected chi connectivity index (χ2v) is 5.66. The Kier molecular flexibility index (Phi) is 5.87. The van der Waals surface area contributed by atoms with Crippen molar-refractivity contribution in [2.45, 2.75) is 6.92 Å². The molecule has 0 aliphatic rings. The maximum Gasteiger partial charge on any atom is 0.335 e. The van der Waals surface area contributed by atoms with Crippen LogP contribution in [0.25, 0.3) is 0 Å². The van der Waals surface area contributed by atoms with Crippen LogP contribution in [0.5, 0.6) is 17.2 Å². The molecule has 0 fully saturated rings. The Morgan fingerprint density at radius 1 is 1.17 bits per heavy atom. The van der Waals surface area contributed by atoms with E-state index in [-0.39, 0.29) is 5.56 Å². The van der Waals surface area contributed by atoms with E-state index in [1.54, 1.807) is 0 Å². The number of carboxylic acid groups (broad SMARTS) is 1. The average Bonchev–Trinajstić information content (AvgIpc) is 2.52. The van der Waals surface area contributed by atoms with Crippen molar-refractivity contribution in [3.63, 3.8) is 0 Å². The number of carboxylic acids is 1. The number of ether oxygens (including phenoxy) is 3. The quantitative estimate of drug-likeness (QED) is 0.737. The summed E-state index contributed by atoms with van der Waals surface area (Å²) in [6.07, 6.45) is 0. The first-order valence-corrected chi connectivity index (χ1v) is 7.73. The molecule has 0 aromatic heterocycles. The highest BCUT2D eigenvalue weighted by atomic mass is 79.9. The van der Waals surface area contributed by atoms with Gasteiger partial charge in [-0.1, -0.05) is 12.1 Å². The van der Waals surface area contributed by atoms with Crippen LogP contribution in [-0.4, -0.2) is 31.4 Å². The summed E-state index contributed by atoms with van der Waals surface area (Å²) >= 11 is 3.30. The fraction of sp³-hybridized carbons (Fsp3) is 0.235. The van der Waals surface area contributed by atoms with Gasteiger partial charge in [-0.25, -0.2) is 4.79 Å². The molecule has 1 N–H and O–H groups in total. The first-order chi connectivity index (χ1) is 11.0. The molecule has 0 aliphatic carbocycles. The lowest BCUT2D eigenvalue weighted by Crippen LogP contribution is -2.10. The fourth-order valence-electron chi connectivity index (χ4n) is 1.99. The second-order valence-electron chi connectivity index (χ2n) is 4.81. The highest BCUT2D eigenvalue weighted by Crippen LogP contribution is 2.36. The van der Waals surface area contributed by atoms with Crippen molar-refractivity contribution < 1.29 is 24.1 Å². The Morgan fingerprint density at radius 2 is 1.91 bits per heavy atom. The van der Waals surface area contributed by atoms with Crippen molar-refractivity contribution in [3.05, 3.63) is 52.0 Å². The number of aryl methyl sites for hydroxylation is 1.